The fourth-order valence-corrected chi connectivity index (χ4v) is 2.44. The molecule has 1 N–H and O–H groups in total. The van der Waals surface area contributed by atoms with Crippen LogP contribution in [-0.4, -0.2) is 31.8 Å². The number of methoxy groups -OCH3 is 1. The van der Waals surface area contributed by atoms with Crippen molar-refractivity contribution in [3.8, 4) is 5.75 Å². The molecule has 1 aliphatic carbocycles. The summed E-state index contributed by atoms with van der Waals surface area (Å²) in [7, 11) is 1.37. The van der Waals surface area contributed by atoms with Gasteiger partial charge in [-0.25, -0.2) is 9.18 Å². The van der Waals surface area contributed by atoms with Crippen LogP contribution in [0.4, 0.5) is 4.39 Å². The average molecular weight is 281 g/mol. The monoisotopic (exact) mass is 281 g/mol. The predicted octanol–water partition coefficient (Wildman–Crippen LogP) is 2.14. The summed E-state index contributed by atoms with van der Waals surface area (Å²) in [5.74, 6) is -0.0559. The molecule has 1 saturated carbocycles. The summed E-state index contributed by atoms with van der Waals surface area (Å²) in [6.45, 7) is 2.71. The van der Waals surface area contributed by atoms with Crippen LogP contribution in [-0.2, 0) is 9.53 Å². The van der Waals surface area contributed by atoms with Crippen molar-refractivity contribution >= 4 is 5.97 Å². The summed E-state index contributed by atoms with van der Waals surface area (Å²) in [5, 5.41) is 3.20. The van der Waals surface area contributed by atoms with Crippen molar-refractivity contribution in [2.75, 3.05) is 20.3 Å². The summed E-state index contributed by atoms with van der Waals surface area (Å²) in [5.41, 5.74) is -0.837. The number of rotatable bonds is 7. The maximum Gasteiger partial charge on any atom is 0.329 e. The Morgan fingerprint density at radius 2 is 2.25 bits per heavy atom. The van der Waals surface area contributed by atoms with Crippen molar-refractivity contribution in [1.29, 1.82) is 0 Å². The van der Waals surface area contributed by atoms with Crippen LogP contribution in [0.15, 0.2) is 24.3 Å². The summed E-state index contributed by atoms with van der Waals surface area (Å²) < 4.78 is 23.7. The second-order valence-corrected chi connectivity index (χ2v) is 5.01. The van der Waals surface area contributed by atoms with Crippen LogP contribution in [0.1, 0.15) is 19.8 Å². The van der Waals surface area contributed by atoms with Crippen LogP contribution >= 0.6 is 0 Å². The number of halogens is 1. The lowest BCUT2D eigenvalue weighted by Crippen LogP contribution is -2.58. The van der Waals surface area contributed by atoms with E-state index >= 15 is 0 Å². The van der Waals surface area contributed by atoms with E-state index in [4.69, 9.17) is 9.47 Å². The van der Waals surface area contributed by atoms with Gasteiger partial charge < -0.3 is 9.47 Å². The second kappa shape index (κ2) is 6.22. The molecule has 1 aliphatic rings. The Morgan fingerprint density at radius 1 is 1.50 bits per heavy atom. The third-order valence-corrected chi connectivity index (χ3v) is 3.58. The van der Waals surface area contributed by atoms with E-state index in [1.165, 1.54) is 19.2 Å². The molecule has 0 radical (unpaired) electrons. The topological polar surface area (TPSA) is 47.6 Å². The summed E-state index contributed by atoms with van der Waals surface area (Å²) in [6.07, 6.45) is 1.93. The molecule has 5 heteroatoms. The van der Waals surface area contributed by atoms with E-state index in [0.717, 1.165) is 12.8 Å². The first-order valence-electron chi connectivity index (χ1n) is 6.84. The zero-order valence-electron chi connectivity index (χ0n) is 11.8. The van der Waals surface area contributed by atoms with Crippen molar-refractivity contribution in [2.45, 2.75) is 25.3 Å². The van der Waals surface area contributed by atoms with E-state index in [0.29, 0.717) is 12.3 Å². The van der Waals surface area contributed by atoms with Crippen molar-refractivity contribution in [1.82, 2.24) is 5.32 Å². The highest BCUT2D eigenvalue weighted by Crippen LogP contribution is 2.40. The molecule has 1 aromatic carbocycles. The molecular formula is C15H20FNO3. The minimum absolute atomic E-state index is 0.141. The fraction of sp³-hybridized carbons (Fsp3) is 0.533. The molecule has 0 aliphatic heterocycles. The van der Waals surface area contributed by atoms with Gasteiger partial charge in [0.15, 0.2) is 5.54 Å². The van der Waals surface area contributed by atoms with Crippen LogP contribution in [0.25, 0.3) is 0 Å². The molecule has 1 fully saturated rings. The van der Waals surface area contributed by atoms with E-state index in [1.807, 2.05) is 6.92 Å². The Labute approximate surface area is 118 Å². The summed E-state index contributed by atoms with van der Waals surface area (Å²) in [4.78, 5) is 12.2. The SMILES string of the molecule is CCNC(COc1cccc(F)c1)(C(=O)OC)C1CC1. The van der Waals surface area contributed by atoms with Gasteiger partial charge >= 0.3 is 5.97 Å². The van der Waals surface area contributed by atoms with Gasteiger partial charge in [0.05, 0.1) is 7.11 Å². The highest BCUT2D eigenvalue weighted by atomic mass is 19.1. The zero-order chi connectivity index (χ0) is 14.6. The first-order chi connectivity index (χ1) is 9.62. The van der Waals surface area contributed by atoms with Gasteiger partial charge in [0.1, 0.15) is 18.2 Å². The second-order valence-electron chi connectivity index (χ2n) is 5.01. The number of benzene rings is 1. The molecule has 2 rings (SSSR count). The minimum Gasteiger partial charge on any atom is -0.491 e. The molecule has 20 heavy (non-hydrogen) atoms. The summed E-state index contributed by atoms with van der Waals surface area (Å²) in [6, 6.07) is 5.91. The molecule has 1 aromatic rings. The van der Waals surface area contributed by atoms with Crippen LogP contribution in [0, 0.1) is 11.7 Å². The standard InChI is InChI=1S/C15H20FNO3/c1-3-17-15(11-7-8-11,14(18)19-2)10-20-13-6-4-5-12(16)9-13/h4-6,9,11,17H,3,7-8,10H2,1-2H3. The number of likely N-dealkylation sites (N-methyl/N-ethyl adjacent to an activating group) is 1. The lowest BCUT2D eigenvalue weighted by Gasteiger charge is -2.31. The van der Waals surface area contributed by atoms with Gasteiger partial charge in [0.25, 0.3) is 0 Å². The number of carbonyl (C=O) groups is 1. The number of nitrogens with one attached hydrogen (secondary N) is 1. The number of esters is 1. The average Bonchev–Trinajstić information content (AvgIpc) is 3.27. The van der Waals surface area contributed by atoms with Crippen LogP contribution in [0.5, 0.6) is 5.75 Å². The highest BCUT2D eigenvalue weighted by molar-refractivity contribution is 5.82. The molecule has 0 spiro atoms. The number of hydrogen-bond acceptors (Lipinski definition) is 4. The van der Waals surface area contributed by atoms with E-state index in [-0.39, 0.29) is 24.3 Å². The van der Waals surface area contributed by atoms with E-state index in [2.05, 4.69) is 5.32 Å². The molecule has 4 nitrogen and oxygen atoms in total. The molecular weight excluding hydrogens is 261 g/mol. The molecule has 1 unspecified atom stereocenters. The molecule has 0 aromatic heterocycles. The molecule has 0 heterocycles. The van der Waals surface area contributed by atoms with Gasteiger partial charge in [0, 0.05) is 6.07 Å². The molecule has 1 atom stereocenters. The van der Waals surface area contributed by atoms with E-state index < -0.39 is 5.54 Å². The maximum absolute atomic E-state index is 13.1. The lowest BCUT2D eigenvalue weighted by atomic mass is 9.94. The summed E-state index contributed by atoms with van der Waals surface area (Å²) >= 11 is 0. The predicted molar refractivity (Wildman–Crippen MR) is 73.0 cm³/mol. The van der Waals surface area contributed by atoms with E-state index in [9.17, 15) is 9.18 Å². The zero-order valence-corrected chi connectivity index (χ0v) is 11.8. The lowest BCUT2D eigenvalue weighted by molar-refractivity contribution is -0.151. The van der Waals surface area contributed by atoms with Gasteiger partial charge in [-0.05, 0) is 37.4 Å². The smallest absolute Gasteiger partial charge is 0.329 e. The van der Waals surface area contributed by atoms with Gasteiger partial charge in [-0.3, -0.25) is 5.32 Å². The molecule has 0 saturated heterocycles. The number of hydrogen-bond donors (Lipinski definition) is 1. The Kier molecular flexibility index (Phi) is 4.60. The van der Waals surface area contributed by atoms with Crippen molar-refractivity contribution in [3.63, 3.8) is 0 Å². The maximum atomic E-state index is 13.1. The van der Waals surface area contributed by atoms with Gasteiger partial charge in [0.2, 0.25) is 0 Å². The van der Waals surface area contributed by atoms with Crippen molar-refractivity contribution in [3.05, 3.63) is 30.1 Å². The van der Waals surface area contributed by atoms with Gasteiger partial charge in [-0.2, -0.15) is 0 Å². The molecule has 110 valence electrons. The van der Waals surface area contributed by atoms with Gasteiger partial charge in [-0.15, -0.1) is 0 Å². The number of ether oxygens (including phenoxy) is 2. The Morgan fingerprint density at radius 3 is 2.80 bits per heavy atom. The first-order valence-corrected chi connectivity index (χ1v) is 6.84. The Balaban J connectivity index is 2.13. The van der Waals surface area contributed by atoms with Crippen LogP contribution < -0.4 is 10.1 Å². The minimum atomic E-state index is -0.837. The molecule has 0 bridgehead atoms. The Hall–Kier alpha value is -1.62. The van der Waals surface area contributed by atoms with Crippen LogP contribution in [0.2, 0.25) is 0 Å². The van der Waals surface area contributed by atoms with Gasteiger partial charge in [-0.1, -0.05) is 13.0 Å². The van der Waals surface area contributed by atoms with Crippen molar-refractivity contribution < 1.29 is 18.7 Å². The normalized spacial score (nSPS) is 17.4. The first kappa shape index (κ1) is 14.8. The van der Waals surface area contributed by atoms with E-state index in [1.54, 1.807) is 12.1 Å². The van der Waals surface area contributed by atoms with Crippen LogP contribution in [0.3, 0.4) is 0 Å². The third kappa shape index (κ3) is 3.10. The molecule has 0 amide bonds. The number of carbonyl (C=O) groups excluding carboxylic acids is 1. The quantitative estimate of drug-likeness (QED) is 0.778. The fourth-order valence-electron chi connectivity index (χ4n) is 2.44. The highest BCUT2D eigenvalue weighted by Gasteiger charge is 2.52. The third-order valence-electron chi connectivity index (χ3n) is 3.58. The Bertz CT molecular complexity index is 476. The van der Waals surface area contributed by atoms with Crippen molar-refractivity contribution in [2.24, 2.45) is 5.92 Å². The largest absolute Gasteiger partial charge is 0.491 e.